The van der Waals surface area contributed by atoms with E-state index in [0.29, 0.717) is 5.88 Å². The Morgan fingerprint density at radius 1 is 1.50 bits per heavy atom. The molecule has 0 spiro atoms. The number of hydrogen-bond acceptors (Lipinski definition) is 2. The molecule has 1 N–H and O–H groups in total. The molecule has 2 aromatic heterocycles. The number of H-pyrrole nitrogens is 1. The van der Waals surface area contributed by atoms with Crippen LogP contribution in [-0.2, 0) is 6.42 Å². The van der Waals surface area contributed by atoms with Crippen LogP contribution in [0.15, 0.2) is 23.7 Å². The first-order chi connectivity index (χ1) is 6.90. The highest BCUT2D eigenvalue weighted by atomic mass is 35.5. The number of rotatable bonds is 4. The Kier molecular flexibility index (Phi) is 3.22. The van der Waals surface area contributed by atoms with E-state index < -0.39 is 0 Å². The van der Waals surface area contributed by atoms with Crippen LogP contribution in [0.25, 0.3) is 11.4 Å². The van der Waals surface area contributed by atoms with Gasteiger partial charge in [-0.25, -0.2) is 4.98 Å². The zero-order chi connectivity index (χ0) is 9.80. The first-order valence-corrected chi connectivity index (χ1v) is 5.95. The summed E-state index contributed by atoms with van der Waals surface area (Å²) in [6.45, 7) is 0. The summed E-state index contributed by atoms with van der Waals surface area (Å²) >= 11 is 7.33. The number of aromatic nitrogens is 2. The summed E-state index contributed by atoms with van der Waals surface area (Å²) in [5.41, 5.74) is 2.11. The monoisotopic (exact) mass is 226 g/mol. The highest BCUT2D eigenvalue weighted by molar-refractivity contribution is 7.09. The van der Waals surface area contributed by atoms with Gasteiger partial charge in [-0.15, -0.1) is 22.9 Å². The van der Waals surface area contributed by atoms with Crippen LogP contribution in [0.2, 0.25) is 0 Å². The molecule has 0 saturated heterocycles. The summed E-state index contributed by atoms with van der Waals surface area (Å²) in [5.74, 6) is 0.706. The van der Waals surface area contributed by atoms with Gasteiger partial charge in [0.1, 0.15) is 0 Å². The van der Waals surface area contributed by atoms with Crippen LogP contribution in [0.5, 0.6) is 0 Å². The van der Waals surface area contributed by atoms with E-state index in [1.165, 1.54) is 0 Å². The van der Waals surface area contributed by atoms with Crippen LogP contribution in [-0.4, -0.2) is 15.8 Å². The molecule has 0 bridgehead atoms. The van der Waals surface area contributed by atoms with E-state index in [4.69, 9.17) is 11.6 Å². The second kappa shape index (κ2) is 4.62. The summed E-state index contributed by atoms with van der Waals surface area (Å²) in [4.78, 5) is 7.66. The molecule has 2 nitrogen and oxygen atoms in total. The lowest BCUT2D eigenvalue weighted by molar-refractivity contribution is 0.916. The highest BCUT2D eigenvalue weighted by Gasteiger charge is 2.03. The van der Waals surface area contributed by atoms with Gasteiger partial charge in [0.15, 0.2) is 0 Å². The molecule has 0 aliphatic heterocycles. The van der Waals surface area contributed by atoms with E-state index in [9.17, 15) is 0 Å². The minimum atomic E-state index is 0.706. The summed E-state index contributed by atoms with van der Waals surface area (Å²) in [5, 5.41) is 3.24. The SMILES string of the molecule is ClCCCc1nc(-c2ccc[nH]2)cs1. The van der Waals surface area contributed by atoms with Crippen molar-refractivity contribution in [3.8, 4) is 11.4 Å². The van der Waals surface area contributed by atoms with Gasteiger partial charge in [0, 0.05) is 23.9 Å². The summed E-state index contributed by atoms with van der Waals surface area (Å²) in [6, 6.07) is 4.01. The molecule has 0 aliphatic carbocycles. The zero-order valence-electron chi connectivity index (χ0n) is 7.66. The Morgan fingerprint density at radius 2 is 2.43 bits per heavy atom. The molecule has 0 aliphatic rings. The average molecular weight is 227 g/mol. The predicted molar refractivity (Wildman–Crippen MR) is 60.9 cm³/mol. The fourth-order valence-corrected chi connectivity index (χ4v) is 2.23. The van der Waals surface area contributed by atoms with E-state index in [2.05, 4.69) is 15.3 Å². The van der Waals surface area contributed by atoms with Crippen molar-refractivity contribution >= 4 is 22.9 Å². The number of alkyl halides is 1. The third kappa shape index (κ3) is 2.16. The zero-order valence-corrected chi connectivity index (χ0v) is 9.24. The Labute approximate surface area is 92.0 Å². The molecule has 2 rings (SSSR count). The fraction of sp³-hybridized carbons (Fsp3) is 0.300. The molecule has 0 amide bonds. The molecule has 2 heterocycles. The topological polar surface area (TPSA) is 28.7 Å². The number of aromatic amines is 1. The molecule has 4 heteroatoms. The quantitative estimate of drug-likeness (QED) is 0.797. The first-order valence-electron chi connectivity index (χ1n) is 4.54. The smallest absolute Gasteiger partial charge is 0.0976 e. The van der Waals surface area contributed by atoms with Gasteiger partial charge in [0.05, 0.1) is 16.4 Å². The van der Waals surface area contributed by atoms with Gasteiger partial charge in [-0.1, -0.05) is 0 Å². The maximum absolute atomic E-state index is 5.63. The van der Waals surface area contributed by atoms with Gasteiger partial charge >= 0.3 is 0 Å². The normalized spacial score (nSPS) is 10.6. The summed E-state index contributed by atoms with van der Waals surface area (Å²) in [7, 11) is 0. The van der Waals surface area contributed by atoms with Gasteiger partial charge in [-0.3, -0.25) is 0 Å². The standard InChI is InChI=1S/C10H11ClN2S/c11-5-1-4-10-13-9(7-14-10)8-3-2-6-12-8/h2-3,6-7,12H,1,4-5H2. The lowest BCUT2D eigenvalue weighted by Gasteiger charge is -1.91. The third-order valence-corrected chi connectivity index (χ3v) is 3.13. The molecular weight excluding hydrogens is 216 g/mol. The van der Waals surface area contributed by atoms with E-state index in [0.717, 1.165) is 29.2 Å². The van der Waals surface area contributed by atoms with E-state index in [1.54, 1.807) is 11.3 Å². The third-order valence-electron chi connectivity index (χ3n) is 1.95. The molecule has 14 heavy (non-hydrogen) atoms. The van der Waals surface area contributed by atoms with Gasteiger partial charge in [-0.2, -0.15) is 0 Å². The largest absolute Gasteiger partial charge is 0.360 e. The summed E-state index contributed by atoms with van der Waals surface area (Å²) in [6.07, 6.45) is 3.89. The van der Waals surface area contributed by atoms with Crippen LogP contribution in [0.4, 0.5) is 0 Å². The molecule has 0 unspecified atom stereocenters. The van der Waals surface area contributed by atoms with Crippen molar-refractivity contribution in [2.45, 2.75) is 12.8 Å². The Hall–Kier alpha value is -0.800. The van der Waals surface area contributed by atoms with Gasteiger partial charge in [-0.05, 0) is 18.6 Å². The molecule has 0 aromatic carbocycles. The molecule has 0 radical (unpaired) electrons. The number of hydrogen-bond donors (Lipinski definition) is 1. The minimum Gasteiger partial charge on any atom is -0.360 e. The van der Waals surface area contributed by atoms with Crippen LogP contribution in [0, 0.1) is 0 Å². The van der Waals surface area contributed by atoms with Crippen LogP contribution in [0.1, 0.15) is 11.4 Å². The molecule has 0 fully saturated rings. The number of nitrogens with one attached hydrogen (secondary N) is 1. The van der Waals surface area contributed by atoms with Crippen LogP contribution >= 0.6 is 22.9 Å². The first kappa shape index (κ1) is 9.74. The lowest BCUT2D eigenvalue weighted by atomic mass is 10.3. The lowest BCUT2D eigenvalue weighted by Crippen LogP contribution is -1.85. The van der Waals surface area contributed by atoms with Crippen molar-refractivity contribution in [1.29, 1.82) is 0 Å². The number of halogens is 1. The maximum Gasteiger partial charge on any atom is 0.0976 e. The van der Waals surface area contributed by atoms with E-state index in [1.807, 2.05) is 18.3 Å². The van der Waals surface area contributed by atoms with E-state index >= 15 is 0 Å². The summed E-state index contributed by atoms with van der Waals surface area (Å²) < 4.78 is 0. The van der Waals surface area contributed by atoms with Crippen LogP contribution < -0.4 is 0 Å². The Morgan fingerprint density at radius 3 is 3.14 bits per heavy atom. The Bertz CT molecular complexity index is 380. The number of aryl methyl sites for hydroxylation is 1. The van der Waals surface area contributed by atoms with Crippen molar-refractivity contribution in [1.82, 2.24) is 9.97 Å². The molecular formula is C10H11ClN2S. The van der Waals surface area contributed by atoms with Gasteiger partial charge < -0.3 is 4.98 Å². The Balaban J connectivity index is 2.10. The maximum atomic E-state index is 5.63. The average Bonchev–Trinajstić information content (AvgIpc) is 2.85. The number of thiazole rings is 1. The molecule has 2 aromatic rings. The van der Waals surface area contributed by atoms with Gasteiger partial charge in [0.2, 0.25) is 0 Å². The second-order valence-electron chi connectivity index (χ2n) is 3.00. The molecule has 0 atom stereocenters. The van der Waals surface area contributed by atoms with Crippen molar-refractivity contribution in [3.63, 3.8) is 0 Å². The minimum absolute atomic E-state index is 0.706. The van der Waals surface area contributed by atoms with E-state index in [-0.39, 0.29) is 0 Å². The van der Waals surface area contributed by atoms with Crippen molar-refractivity contribution in [3.05, 3.63) is 28.7 Å². The van der Waals surface area contributed by atoms with Crippen LogP contribution in [0.3, 0.4) is 0 Å². The molecule has 74 valence electrons. The molecule has 0 saturated carbocycles. The number of nitrogens with zero attached hydrogens (tertiary/aromatic N) is 1. The fourth-order valence-electron chi connectivity index (χ4n) is 1.26. The second-order valence-corrected chi connectivity index (χ2v) is 4.32. The van der Waals surface area contributed by atoms with Crippen molar-refractivity contribution in [2.75, 3.05) is 5.88 Å². The van der Waals surface area contributed by atoms with Crippen molar-refractivity contribution < 1.29 is 0 Å². The highest BCUT2D eigenvalue weighted by Crippen LogP contribution is 2.20. The van der Waals surface area contributed by atoms with Crippen molar-refractivity contribution in [2.24, 2.45) is 0 Å². The van der Waals surface area contributed by atoms with Gasteiger partial charge in [0.25, 0.3) is 0 Å². The predicted octanol–water partition coefficient (Wildman–Crippen LogP) is 3.31.